The second-order valence-corrected chi connectivity index (χ2v) is 5.51. The van der Waals surface area contributed by atoms with Crippen molar-refractivity contribution in [3.8, 4) is 17.6 Å². The molecule has 7 nitrogen and oxygen atoms in total. The molecule has 0 amide bonds. The maximum Gasteiger partial charge on any atom is 0.168 e. The number of hydrogen-bond donors (Lipinski definition) is 4. The molecule has 122 valence electrons. The van der Waals surface area contributed by atoms with Crippen molar-refractivity contribution in [2.24, 2.45) is 0 Å². The summed E-state index contributed by atoms with van der Waals surface area (Å²) in [4.78, 5) is 14.9. The van der Waals surface area contributed by atoms with Gasteiger partial charge in [-0.1, -0.05) is 18.2 Å². The molecule has 0 bridgehead atoms. The lowest BCUT2D eigenvalue weighted by Crippen LogP contribution is -2.11. The van der Waals surface area contributed by atoms with Crippen molar-refractivity contribution < 1.29 is 5.11 Å². The van der Waals surface area contributed by atoms with Gasteiger partial charge in [-0.3, -0.25) is 0 Å². The number of aliphatic hydroxyl groups excluding tert-OH is 1. The third-order valence-corrected chi connectivity index (χ3v) is 3.85. The van der Waals surface area contributed by atoms with Gasteiger partial charge in [0.15, 0.2) is 12.1 Å². The zero-order valence-corrected chi connectivity index (χ0v) is 13.1. The summed E-state index contributed by atoms with van der Waals surface area (Å²) >= 11 is 0. The monoisotopic (exact) mass is 330 g/mol. The minimum Gasteiger partial charge on any atom is -0.368 e. The summed E-state index contributed by atoms with van der Waals surface area (Å²) in [5.41, 5.74) is 3.90. The number of nitrogens with one attached hydrogen (secondary N) is 3. The van der Waals surface area contributed by atoms with Crippen LogP contribution in [0.5, 0.6) is 0 Å². The first-order valence-corrected chi connectivity index (χ1v) is 7.68. The maximum absolute atomic E-state index is 10.5. The molecule has 0 aliphatic heterocycles. The molecular weight excluding hydrogens is 316 g/mol. The average molecular weight is 330 g/mol. The Bertz CT molecular complexity index is 1040. The minimum absolute atomic E-state index is 0.487. The van der Waals surface area contributed by atoms with E-state index in [1.54, 1.807) is 24.3 Å². The van der Waals surface area contributed by atoms with Crippen LogP contribution in [0, 0.1) is 11.3 Å². The Morgan fingerprint density at radius 2 is 2.04 bits per heavy atom. The van der Waals surface area contributed by atoms with E-state index in [1.807, 2.05) is 24.3 Å². The molecule has 0 saturated heterocycles. The van der Waals surface area contributed by atoms with Gasteiger partial charge in [-0.2, -0.15) is 5.26 Å². The molecule has 4 aromatic rings. The molecule has 0 unspecified atom stereocenters. The fourth-order valence-electron chi connectivity index (χ4n) is 2.67. The highest BCUT2D eigenvalue weighted by molar-refractivity contribution is 5.79. The molecule has 2 heterocycles. The number of aliphatic hydroxyl groups is 1. The van der Waals surface area contributed by atoms with Crippen LogP contribution in [0.1, 0.15) is 17.5 Å². The van der Waals surface area contributed by atoms with Crippen LogP contribution in [0.15, 0.2) is 54.9 Å². The number of nitriles is 1. The van der Waals surface area contributed by atoms with Crippen LogP contribution < -0.4 is 5.32 Å². The first-order valence-electron chi connectivity index (χ1n) is 7.68. The fourth-order valence-corrected chi connectivity index (χ4v) is 2.67. The van der Waals surface area contributed by atoms with Crippen molar-refractivity contribution in [3.63, 3.8) is 0 Å². The van der Waals surface area contributed by atoms with E-state index in [0.717, 1.165) is 11.0 Å². The number of nitrogens with zero attached hydrogens (tertiary/aromatic N) is 3. The number of aromatic nitrogens is 4. The quantitative estimate of drug-likeness (QED) is 0.430. The number of imidazole rings is 2. The number of para-hydroxylation sites is 2. The van der Waals surface area contributed by atoms with Gasteiger partial charge in [0.25, 0.3) is 0 Å². The average Bonchev–Trinajstić information content (AvgIpc) is 3.28. The Morgan fingerprint density at radius 1 is 1.16 bits per heavy atom. The van der Waals surface area contributed by atoms with Crippen LogP contribution in [0.2, 0.25) is 0 Å². The van der Waals surface area contributed by atoms with Crippen LogP contribution >= 0.6 is 0 Å². The van der Waals surface area contributed by atoms with Crippen molar-refractivity contribution in [2.75, 3.05) is 5.32 Å². The highest BCUT2D eigenvalue weighted by atomic mass is 16.3. The number of H-pyrrole nitrogens is 2. The molecule has 25 heavy (non-hydrogen) atoms. The van der Waals surface area contributed by atoms with E-state index < -0.39 is 6.23 Å². The molecule has 0 fully saturated rings. The van der Waals surface area contributed by atoms with E-state index in [2.05, 4.69) is 31.3 Å². The van der Waals surface area contributed by atoms with E-state index in [4.69, 9.17) is 5.26 Å². The van der Waals surface area contributed by atoms with Crippen molar-refractivity contribution in [1.29, 1.82) is 5.26 Å². The van der Waals surface area contributed by atoms with Crippen LogP contribution in [0.4, 0.5) is 5.69 Å². The summed E-state index contributed by atoms with van der Waals surface area (Å²) in [7, 11) is 0. The molecule has 4 N–H and O–H groups in total. The highest BCUT2D eigenvalue weighted by Gasteiger charge is 2.19. The summed E-state index contributed by atoms with van der Waals surface area (Å²) in [6.45, 7) is 0. The summed E-state index contributed by atoms with van der Waals surface area (Å²) in [6.07, 6.45) is 0.480. The second kappa shape index (κ2) is 6.11. The molecule has 0 radical (unpaired) electrons. The van der Waals surface area contributed by atoms with Crippen molar-refractivity contribution in [1.82, 2.24) is 19.9 Å². The first kappa shape index (κ1) is 14.9. The third kappa shape index (κ3) is 2.82. The lowest BCUT2D eigenvalue weighted by Gasteiger charge is -2.14. The zero-order chi connectivity index (χ0) is 17.2. The second-order valence-electron chi connectivity index (χ2n) is 5.51. The fraction of sp³-hybridized carbons (Fsp3) is 0.0556. The van der Waals surface area contributed by atoms with Crippen molar-refractivity contribution >= 4 is 16.7 Å². The largest absolute Gasteiger partial charge is 0.368 e. The molecule has 0 spiro atoms. The summed E-state index contributed by atoms with van der Waals surface area (Å²) in [5.74, 6) is 0.573. The van der Waals surface area contributed by atoms with E-state index >= 15 is 0 Å². The topological polar surface area (TPSA) is 113 Å². The standard InChI is InChI=1S/C18H14N6O/c19-9-11-4-3-5-12(8-11)22-18(25)16-15(20-10-21-16)17-23-13-6-1-2-7-14(13)24-17/h1-8,10,18,22,25H,(H,20,21)(H,23,24)/t18-/m0/s1. The third-order valence-electron chi connectivity index (χ3n) is 3.85. The normalized spacial score (nSPS) is 12.0. The number of benzene rings is 2. The first-order chi connectivity index (χ1) is 12.2. The maximum atomic E-state index is 10.5. The van der Waals surface area contributed by atoms with E-state index in [0.29, 0.717) is 28.5 Å². The SMILES string of the molecule is N#Cc1cccc(N[C@@H](O)c2[nH]cnc2-c2nc3ccccc3[nH]2)c1. The van der Waals surface area contributed by atoms with Crippen molar-refractivity contribution in [2.45, 2.75) is 6.23 Å². The minimum atomic E-state index is -1.03. The highest BCUT2D eigenvalue weighted by Crippen LogP contribution is 2.26. The molecule has 0 aliphatic carbocycles. The molecule has 7 heteroatoms. The Hall–Kier alpha value is -3.63. The zero-order valence-electron chi connectivity index (χ0n) is 13.1. The van der Waals surface area contributed by atoms with Gasteiger partial charge in [0.2, 0.25) is 0 Å². The summed E-state index contributed by atoms with van der Waals surface area (Å²) < 4.78 is 0. The molecule has 4 rings (SSSR count). The van der Waals surface area contributed by atoms with Gasteiger partial charge < -0.3 is 20.4 Å². The van der Waals surface area contributed by atoms with E-state index in [9.17, 15) is 5.11 Å². The summed E-state index contributed by atoms with van der Waals surface area (Å²) in [5, 5.41) is 22.5. The van der Waals surface area contributed by atoms with Crippen molar-refractivity contribution in [3.05, 3.63) is 66.1 Å². The van der Waals surface area contributed by atoms with E-state index in [-0.39, 0.29) is 0 Å². The predicted molar refractivity (Wildman–Crippen MR) is 93.4 cm³/mol. The van der Waals surface area contributed by atoms with Crippen LogP contribution in [0.3, 0.4) is 0 Å². The number of anilines is 1. The lowest BCUT2D eigenvalue weighted by atomic mass is 10.2. The lowest BCUT2D eigenvalue weighted by molar-refractivity contribution is 0.204. The van der Waals surface area contributed by atoms with Crippen LogP contribution in [-0.4, -0.2) is 25.0 Å². The molecule has 0 aliphatic rings. The van der Waals surface area contributed by atoms with Gasteiger partial charge in [-0.05, 0) is 30.3 Å². The molecule has 2 aromatic carbocycles. The summed E-state index contributed by atoms with van der Waals surface area (Å²) in [6, 6.07) is 16.6. The molecule has 1 atom stereocenters. The van der Waals surface area contributed by atoms with Crippen LogP contribution in [0.25, 0.3) is 22.6 Å². The Morgan fingerprint density at radius 3 is 2.88 bits per heavy atom. The molecular formula is C18H14N6O. The Kier molecular flexibility index (Phi) is 3.65. The number of fused-ring (bicyclic) bond motifs is 1. The predicted octanol–water partition coefficient (Wildman–Crippen LogP) is 2.93. The Balaban J connectivity index is 1.65. The van der Waals surface area contributed by atoms with Gasteiger partial charge in [0.1, 0.15) is 5.69 Å². The Labute approximate surface area is 143 Å². The molecule has 2 aromatic heterocycles. The van der Waals surface area contributed by atoms with Crippen LogP contribution in [-0.2, 0) is 0 Å². The van der Waals surface area contributed by atoms with Gasteiger partial charge >= 0.3 is 0 Å². The number of hydrogen-bond acceptors (Lipinski definition) is 5. The number of rotatable bonds is 4. The van der Waals surface area contributed by atoms with Gasteiger partial charge in [0.05, 0.1) is 34.7 Å². The van der Waals surface area contributed by atoms with Gasteiger partial charge in [-0.15, -0.1) is 0 Å². The van der Waals surface area contributed by atoms with Gasteiger partial charge in [-0.25, -0.2) is 9.97 Å². The molecule has 0 saturated carbocycles. The van der Waals surface area contributed by atoms with E-state index in [1.165, 1.54) is 6.33 Å². The number of aromatic amines is 2. The van der Waals surface area contributed by atoms with Gasteiger partial charge in [0, 0.05) is 5.69 Å². The smallest absolute Gasteiger partial charge is 0.168 e.